The Morgan fingerprint density at radius 3 is 2.59 bits per heavy atom. The number of ether oxygens (including phenoxy) is 2. The second-order valence-electron chi connectivity index (χ2n) is 11.2. The van der Waals surface area contributed by atoms with E-state index in [9.17, 15) is 9.59 Å². The largest absolute Gasteiger partial charge is 0.469 e. The molecule has 218 valence electrons. The number of aromatic nitrogens is 1. The van der Waals surface area contributed by atoms with Crippen LogP contribution in [0.3, 0.4) is 0 Å². The van der Waals surface area contributed by atoms with Crippen LogP contribution in [0, 0.1) is 12.3 Å². The average molecular weight is 578 g/mol. The number of ketones is 1. The Kier molecular flexibility index (Phi) is 9.37. The highest BCUT2D eigenvalue weighted by Gasteiger charge is 2.49. The van der Waals surface area contributed by atoms with Crippen LogP contribution in [0.25, 0.3) is 11.3 Å². The molecular weight excluding hydrogens is 538 g/mol. The number of thiazole rings is 1. The molecule has 3 aromatic rings. The summed E-state index contributed by atoms with van der Waals surface area (Å²) in [5.74, 6) is -0.145. The van der Waals surface area contributed by atoms with Gasteiger partial charge in [0, 0.05) is 16.4 Å². The number of benzene rings is 2. The standard InChI is InChI=1S/C32H39N3O5S/c1-4-5-12-26(28(36)29-35(40-29)23(3)24-10-7-6-8-11-24)33-30(37)38-20-32(17-9-18-32)21-39-31-34-27(19-41-31)25-15-13-22(2)14-16-25/h6-8,10-11,13-16,19,23,26,29H,4-5,9,12,17-18,20-21H2,1-3H3,(H,33,37)/t23-,26+,29?,35?/m1/s1. The van der Waals surface area contributed by atoms with Crippen LogP contribution in [-0.2, 0) is 14.4 Å². The van der Waals surface area contributed by atoms with E-state index in [4.69, 9.17) is 14.3 Å². The molecule has 1 amide bonds. The SMILES string of the molecule is CCCC[C@H](NC(=O)OCC1(COc2nc(-c3ccc(C)cc3)cs2)CCC1)C(=O)C1ON1[C@H](C)c1ccccc1. The number of nitrogens with zero attached hydrogens (tertiary/aromatic N) is 2. The molecule has 2 heterocycles. The van der Waals surface area contributed by atoms with Crippen molar-refractivity contribution in [2.24, 2.45) is 5.41 Å². The smallest absolute Gasteiger partial charge is 0.407 e. The maximum absolute atomic E-state index is 13.3. The van der Waals surface area contributed by atoms with Crippen molar-refractivity contribution < 1.29 is 23.9 Å². The van der Waals surface area contributed by atoms with Crippen LogP contribution in [0.1, 0.15) is 69.5 Å². The zero-order valence-corrected chi connectivity index (χ0v) is 24.8. The highest BCUT2D eigenvalue weighted by atomic mass is 32.1. The molecular formula is C32H39N3O5S. The number of hydrogen-bond acceptors (Lipinski definition) is 8. The lowest BCUT2D eigenvalue weighted by molar-refractivity contribution is -0.122. The number of hydrogen-bond donors (Lipinski definition) is 1. The van der Waals surface area contributed by atoms with Crippen LogP contribution in [0.15, 0.2) is 60.0 Å². The van der Waals surface area contributed by atoms with Crippen molar-refractivity contribution in [2.45, 2.75) is 77.6 Å². The number of carbonyl (C=O) groups is 2. The van der Waals surface area contributed by atoms with Crippen molar-refractivity contribution in [1.29, 1.82) is 0 Å². The molecule has 2 aromatic carbocycles. The van der Waals surface area contributed by atoms with Crippen LogP contribution in [0.5, 0.6) is 5.19 Å². The van der Waals surface area contributed by atoms with Crippen LogP contribution < -0.4 is 10.1 Å². The summed E-state index contributed by atoms with van der Waals surface area (Å²) in [6, 6.07) is 17.4. The summed E-state index contributed by atoms with van der Waals surface area (Å²) >= 11 is 1.47. The van der Waals surface area contributed by atoms with E-state index in [0.29, 0.717) is 18.2 Å². The molecule has 0 radical (unpaired) electrons. The van der Waals surface area contributed by atoms with Gasteiger partial charge in [0.05, 0.1) is 24.4 Å². The van der Waals surface area contributed by atoms with E-state index in [0.717, 1.165) is 48.9 Å². The van der Waals surface area contributed by atoms with Gasteiger partial charge in [-0.2, -0.15) is 0 Å². The van der Waals surface area contributed by atoms with Gasteiger partial charge < -0.3 is 14.8 Å². The zero-order valence-electron chi connectivity index (χ0n) is 24.0. The van der Waals surface area contributed by atoms with Gasteiger partial charge in [-0.1, -0.05) is 97.7 Å². The minimum Gasteiger partial charge on any atom is -0.469 e. The Hall–Kier alpha value is -3.27. The number of carbonyl (C=O) groups excluding carboxylic acids is 2. The number of amides is 1. The first-order valence-electron chi connectivity index (χ1n) is 14.5. The van der Waals surface area contributed by atoms with E-state index in [2.05, 4.69) is 48.4 Å². The van der Waals surface area contributed by atoms with Crippen molar-refractivity contribution in [3.63, 3.8) is 0 Å². The number of unbranched alkanes of at least 4 members (excludes halogenated alkanes) is 1. The molecule has 2 fully saturated rings. The van der Waals surface area contributed by atoms with Gasteiger partial charge >= 0.3 is 6.09 Å². The lowest BCUT2D eigenvalue weighted by atomic mass is 9.70. The topological polar surface area (TPSA) is 93.1 Å². The predicted octanol–water partition coefficient (Wildman–Crippen LogP) is 6.86. The molecule has 1 saturated carbocycles. The summed E-state index contributed by atoms with van der Waals surface area (Å²) in [4.78, 5) is 36.4. The third-order valence-electron chi connectivity index (χ3n) is 8.05. The molecule has 41 heavy (non-hydrogen) atoms. The van der Waals surface area contributed by atoms with Gasteiger partial charge in [-0.3, -0.25) is 9.63 Å². The Morgan fingerprint density at radius 1 is 1.15 bits per heavy atom. The van der Waals surface area contributed by atoms with Gasteiger partial charge in [-0.05, 0) is 38.7 Å². The van der Waals surface area contributed by atoms with Crippen molar-refractivity contribution in [3.05, 3.63) is 71.1 Å². The van der Waals surface area contributed by atoms with E-state index in [1.165, 1.54) is 16.9 Å². The quantitative estimate of drug-likeness (QED) is 0.209. The maximum atomic E-state index is 13.3. The second-order valence-corrected chi connectivity index (χ2v) is 12.0. The monoisotopic (exact) mass is 577 g/mol. The normalized spacial score (nSPS) is 20.4. The second kappa shape index (κ2) is 13.1. The summed E-state index contributed by atoms with van der Waals surface area (Å²) in [5.41, 5.74) is 3.98. The number of rotatable bonds is 14. The molecule has 8 nitrogen and oxygen atoms in total. The fourth-order valence-electron chi connectivity index (χ4n) is 5.11. The van der Waals surface area contributed by atoms with Gasteiger partial charge in [-0.25, -0.2) is 9.78 Å². The molecule has 1 aliphatic carbocycles. The maximum Gasteiger partial charge on any atom is 0.407 e. The van der Waals surface area contributed by atoms with Crippen molar-refractivity contribution in [1.82, 2.24) is 15.4 Å². The molecule has 5 rings (SSSR count). The van der Waals surface area contributed by atoms with E-state index >= 15 is 0 Å². The molecule has 1 aromatic heterocycles. The van der Waals surface area contributed by atoms with Crippen LogP contribution >= 0.6 is 11.3 Å². The van der Waals surface area contributed by atoms with E-state index < -0.39 is 18.4 Å². The fraction of sp³-hybridized carbons (Fsp3) is 0.469. The van der Waals surface area contributed by atoms with Gasteiger partial charge in [0.25, 0.3) is 5.19 Å². The molecule has 2 aliphatic rings. The van der Waals surface area contributed by atoms with E-state index in [1.54, 1.807) is 5.06 Å². The summed E-state index contributed by atoms with van der Waals surface area (Å²) in [7, 11) is 0. The van der Waals surface area contributed by atoms with Crippen molar-refractivity contribution >= 4 is 23.2 Å². The number of alkyl carbamates (subject to hydrolysis) is 1. The molecule has 1 aliphatic heterocycles. The first-order valence-corrected chi connectivity index (χ1v) is 15.4. The number of Topliss-reactive ketones (excluding diaryl/α,β-unsaturated/α-hetero) is 1. The Balaban J connectivity index is 1.12. The minimum absolute atomic E-state index is 0.0618. The molecule has 0 spiro atoms. The minimum atomic E-state index is -0.665. The molecule has 1 N–H and O–H groups in total. The summed E-state index contributed by atoms with van der Waals surface area (Å²) in [6.45, 7) is 6.79. The Bertz CT molecular complexity index is 1310. The van der Waals surface area contributed by atoms with E-state index in [-0.39, 0.29) is 23.8 Å². The van der Waals surface area contributed by atoms with Gasteiger partial charge in [0.15, 0.2) is 0 Å². The summed E-state index contributed by atoms with van der Waals surface area (Å²) in [5, 5.41) is 7.12. The third kappa shape index (κ3) is 7.33. The fourth-order valence-corrected chi connectivity index (χ4v) is 5.79. The summed E-state index contributed by atoms with van der Waals surface area (Å²) in [6.07, 6.45) is 3.92. The average Bonchev–Trinajstić information content (AvgIpc) is 3.63. The predicted molar refractivity (Wildman–Crippen MR) is 158 cm³/mol. The third-order valence-corrected chi connectivity index (χ3v) is 8.80. The van der Waals surface area contributed by atoms with Gasteiger partial charge in [0.2, 0.25) is 12.0 Å². The summed E-state index contributed by atoms with van der Waals surface area (Å²) < 4.78 is 11.7. The van der Waals surface area contributed by atoms with Crippen LogP contribution in [0.2, 0.25) is 0 Å². The van der Waals surface area contributed by atoms with Crippen molar-refractivity contribution in [3.8, 4) is 16.5 Å². The Labute approximate surface area is 246 Å². The molecule has 9 heteroatoms. The molecule has 1 saturated heterocycles. The Morgan fingerprint density at radius 2 is 1.90 bits per heavy atom. The zero-order chi connectivity index (χ0) is 28.8. The lowest BCUT2D eigenvalue weighted by Gasteiger charge is -2.40. The van der Waals surface area contributed by atoms with Gasteiger partial charge in [0.1, 0.15) is 6.61 Å². The van der Waals surface area contributed by atoms with Crippen molar-refractivity contribution in [2.75, 3.05) is 13.2 Å². The van der Waals surface area contributed by atoms with E-state index in [1.807, 2.05) is 42.6 Å². The number of aryl methyl sites for hydroxylation is 1. The first-order chi connectivity index (χ1) is 19.9. The molecule has 4 atom stereocenters. The highest BCUT2D eigenvalue weighted by Crippen LogP contribution is 2.42. The van der Waals surface area contributed by atoms with Crippen LogP contribution in [0.4, 0.5) is 4.79 Å². The molecule has 2 unspecified atom stereocenters. The lowest BCUT2D eigenvalue weighted by Crippen LogP contribution is -2.46. The van der Waals surface area contributed by atoms with Crippen LogP contribution in [-0.4, -0.2) is 47.4 Å². The first kappa shape index (κ1) is 29.2. The van der Waals surface area contributed by atoms with Gasteiger partial charge in [-0.15, -0.1) is 5.06 Å². The number of hydroxylamine groups is 2. The molecule has 0 bridgehead atoms. The highest BCUT2D eigenvalue weighted by molar-refractivity contribution is 7.11. The number of nitrogens with one attached hydrogen (secondary N) is 1.